The topological polar surface area (TPSA) is 67.2 Å². The van der Waals surface area contributed by atoms with E-state index in [0.717, 1.165) is 24.1 Å². The molecule has 27 heavy (non-hydrogen) atoms. The van der Waals surface area contributed by atoms with Crippen molar-refractivity contribution in [3.8, 4) is 0 Å². The number of fused-ring (bicyclic) bond motifs is 2. The molecule has 1 aliphatic rings. The Kier molecular flexibility index (Phi) is 8.67. The summed E-state index contributed by atoms with van der Waals surface area (Å²) in [5.41, 5.74) is 2.12. The van der Waals surface area contributed by atoms with Crippen molar-refractivity contribution in [3.63, 3.8) is 0 Å². The summed E-state index contributed by atoms with van der Waals surface area (Å²) >= 11 is 0. The number of aliphatic imine (C=N–C) groups is 1. The number of hydrogen-bond acceptors (Lipinski definition) is 5. The number of nitrogens with zero attached hydrogens (tertiary/aromatic N) is 3. The molecular formula is C22H22N4O. The number of nitrogens with one attached hydrogen (secondary N) is 1. The van der Waals surface area contributed by atoms with Crippen LogP contribution < -0.4 is 5.32 Å². The van der Waals surface area contributed by atoms with Gasteiger partial charge in [-0.05, 0) is 24.3 Å². The maximum absolute atomic E-state index is 8.00. The second-order valence-corrected chi connectivity index (χ2v) is 5.38. The number of para-hydroxylation sites is 2. The Morgan fingerprint density at radius 2 is 1.19 bits per heavy atom. The van der Waals surface area contributed by atoms with Crippen molar-refractivity contribution in [3.05, 3.63) is 85.2 Å². The standard InChI is InChI=1S/2C9H7N.C3H6N2.CH2O/c2*1-2-6-9-8(4-1)5-3-7-10-9;1-2-5-3-4-1;1-2/h2*1-7H;3H,1-2H2,(H,4,5);1H2. The average molecular weight is 358 g/mol. The van der Waals surface area contributed by atoms with Crippen LogP contribution in [0.15, 0.2) is 90.2 Å². The van der Waals surface area contributed by atoms with Crippen molar-refractivity contribution >= 4 is 34.9 Å². The summed E-state index contributed by atoms with van der Waals surface area (Å²) in [6.45, 7) is 3.99. The van der Waals surface area contributed by atoms with E-state index < -0.39 is 0 Å². The summed E-state index contributed by atoms with van der Waals surface area (Å²) < 4.78 is 0. The first-order valence-electron chi connectivity index (χ1n) is 8.53. The molecule has 4 aromatic rings. The van der Waals surface area contributed by atoms with Gasteiger partial charge in [0.1, 0.15) is 6.79 Å². The molecule has 1 aliphatic heterocycles. The van der Waals surface area contributed by atoms with E-state index in [2.05, 4.69) is 44.5 Å². The highest BCUT2D eigenvalue weighted by Gasteiger charge is 1.87. The fourth-order valence-electron chi connectivity index (χ4n) is 2.35. The van der Waals surface area contributed by atoms with Gasteiger partial charge in [0.15, 0.2) is 0 Å². The minimum absolute atomic E-state index is 0.958. The quantitative estimate of drug-likeness (QED) is 0.518. The molecule has 5 rings (SSSR count). The van der Waals surface area contributed by atoms with Gasteiger partial charge in [-0.15, -0.1) is 0 Å². The van der Waals surface area contributed by atoms with Crippen LogP contribution in [-0.4, -0.2) is 36.2 Å². The van der Waals surface area contributed by atoms with E-state index in [1.54, 1.807) is 6.34 Å². The highest BCUT2D eigenvalue weighted by atomic mass is 16.1. The number of pyridine rings is 2. The molecule has 136 valence electrons. The van der Waals surface area contributed by atoms with Crippen LogP contribution in [-0.2, 0) is 4.79 Å². The normalized spacial score (nSPS) is 11.1. The lowest BCUT2D eigenvalue weighted by molar-refractivity contribution is -0.0979. The van der Waals surface area contributed by atoms with Crippen molar-refractivity contribution in [1.29, 1.82) is 0 Å². The fraction of sp³-hybridized carbons (Fsp3) is 0.0909. The first kappa shape index (κ1) is 19.7. The largest absolute Gasteiger partial charge is 0.375 e. The summed E-state index contributed by atoms with van der Waals surface area (Å²) in [5.74, 6) is 0. The maximum atomic E-state index is 8.00. The van der Waals surface area contributed by atoms with Gasteiger partial charge in [-0.1, -0.05) is 48.5 Å². The molecule has 5 heteroatoms. The number of rotatable bonds is 0. The van der Waals surface area contributed by atoms with E-state index in [0.29, 0.717) is 0 Å². The van der Waals surface area contributed by atoms with E-state index in [1.807, 2.05) is 67.7 Å². The lowest BCUT2D eigenvalue weighted by atomic mass is 10.2. The Balaban J connectivity index is 0.000000146. The third kappa shape index (κ3) is 6.66. The van der Waals surface area contributed by atoms with Gasteiger partial charge < -0.3 is 10.1 Å². The number of carbonyl (C=O) groups is 1. The predicted octanol–water partition coefficient (Wildman–Crippen LogP) is 3.90. The van der Waals surface area contributed by atoms with Crippen LogP contribution in [0.4, 0.5) is 0 Å². The van der Waals surface area contributed by atoms with Crippen LogP contribution in [0.2, 0.25) is 0 Å². The van der Waals surface area contributed by atoms with Gasteiger partial charge in [0.05, 0.1) is 23.9 Å². The predicted molar refractivity (Wildman–Crippen MR) is 112 cm³/mol. The van der Waals surface area contributed by atoms with Gasteiger partial charge in [-0.3, -0.25) is 15.0 Å². The van der Waals surface area contributed by atoms with E-state index in [9.17, 15) is 0 Å². The summed E-state index contributed by atoms with van der Waals surface area (Å²) in [6.07, 6.45) is 5.35. The molecule has 0 saturated carbocycles. The minimum Gasteiger partial charge on any atom is -0.375 e. The second-order valence-electron chi connectivity index (χ2n) is 5.38. The minimum atomic E-state index is 0.958. The maximum Gasteiger partial charge on any atom is 0.106 e. The molecule has 3 heterocycles. The molecule has 0 fully saturated rings. The van der Waals surface area contributed by atoms with E-state index in [1.165, 1.54) is 10.8 Å². The number of benzene rings is 2. The van der Waals surface area contributed by atoms with Gasteiger partial charge in [-0.25, -0.2) is 0 Å². The molecule has 5 nitrogen and oxygen atoms in total. The summed E-state index contributed by atoms with van der Waals surface area (Å²) in [7, 11) is 0. The Morgan fingerprint density at radius 1 is 0.704 bits per heavy atom. The van der Waals surface area contributed by atoms with Gasteiger partial charge in [0.25, 0.3) is 0 Å². The van der Waals surface area contributed by atoms with Crippen molar-refractivity contribution < 1.29 is 4.79 Å². The molecule has 0 spiro atoms. The lowest BCUT2D eigenvalue weighted by Crippen LogP contribution is -2.04. The first-order chi connectivity index (χ1) is 13.4. The van der Waals surface area contributed by atoms with Gasteiger partial charge in [0, 0.05) is 29.7 Å². The molecular weight excluding hydrogens is 336 g/mol. The molecule has 1 N–H and O–H groups in total. The zero-order chi connectivity index (χ0) is 19.2. The van der Waals surface area contributed by atoms with Crippen molar-refractivity contribution in [2.24, 2.45) is 4.99 Å². The van der Waals surface area contributed by atoms with Gasteiger partial charge >= 0.3 is 0 Å². The van der Waals surface area contributed by atoms with Crippen LogP contribution in [0.1, 0.15) is 0 Å². The van der Waals surface area contributed by atoms with Gasteiger partial charge in [-0.2, -0.15) is 0 Å². The summed E-state index contributed by atoms with van der Waals surface area (Å²) in [6, 6.07) is 24.2. The highest BCUT2D eigenvalue weighted by Crippen LogP contribution is 2.08. The lowest BCUT2D eigenvalue weighted by Gasteiger charge is -1.91. The highest BCUT2D eigenvalue weighted by molar-refractivity contribution is 5.78. The molecule has 0 saturated heterocycles. The fourth-order valence-corrected chi connectivity index (χ4v) is 2.35. The summed E-state index contributed by atoms with van der Waals surface area (Å²) in [4.78, 5) is 20.2. The number of hydrogen-bond donors (Lipinski definition) is 1. The molecule has 0 radical (unpaired) electrons. The van der Waals surface area contributed by atoms with E-state index >= 15 is 0 Å². The van der Waals surface area contributed by atoms with Crippen LogP contribution in [0, 0.1) is 0 Å². The molecule has 0 unspecified atom stereocenters. The molecule has 2 aromatic carbocycles. The third-order valence-electron chi connectivity index (χ3n) is 3.59. The van der Waals surface area contributed by atoms with Crippen LogP contribution in [0.5, 0.6) is 0 Å². The Labute approximate surface area is 158 Å². The van der Waals surface area contributed by atoms with Crippen molar-refractivity contribution in [1.82, 2.24) is 15.3 Å². The van der Waals surface area contributed by atoms with Crippen LogP contribution >= 0.6 is 0 Å². The zero-order valence-electron chi connectivity index (χ0n) is 15.0. The second kappa shape index (κ2) is 11.9. The average Bonchev–Trinajstić information content (AvgIpc) is 3.36. The molecule has 0 aliphatic carbocycles. The molecule has 2 aromatic heterocycles. The van der Waals surface area contributed by atoms with E-state index in [-0.39, 0.29) is 0 Å². The third-order valence-corrected chi connectivity index (χ3v) is 3.59. The van der Waals surface area contributed by atoms with Gasteiger partial charge in [0.2, 0.25) is 0 Å². The molecule has 0 amide bonds. The molecule has 0 atom stereocenters. The zero-order valence-corrected chi connectivity index (χ0v) is 15.0. The number of aromatic nitrogens is 2. The monoisotopic (exact) mass is 358 g/mol. The van der Waals surface area contributed by atoms with Crippen molar-refractivity contribution in [2.75, 3.05) is 13.1 Å². The van der Waals surface area contributed by atoms with Crippen LogP contribution in [0.3, 0.4) is 0 Å². The smallest absolute Gasteiger partial charge is 0.106 e. The molecule has 0 bridgehead atoms. The first-order valence-corrected chi connectivity index (χ1v) is 8.53. The SMILES string of the molecule is C1=NCCN1.C=O.c1ccc2ncccc2c1.c1ccc2ncccc2c1. The van der Waals surface area contributed by atoms with E-state index in [4.69, 9.17) is 4.79 Å². The van der Waals surface area contributed by atoms with Crippen molar-refractivity contribution in [2.45, 2.75) is 0 Å². The summed E-state index contributed by atoms with van der Waals surface area (Å²) in [5, 5.41) is 5.33. The Hall–Kier alpha value is -3.60. The van der Waals surface area contributed by atoms with Crippen LogP contribution in [0.25, 0.3) is 21.8 Å². The Morgan fingerprint density at radius 3 is 1.56 bits per heavy atom. The Bertz CT molecular complexity index is 764. The number of carbonyl (C=O) groups excluding carboxylic acids is 1.